The van der Waals surface area contributed by atoms with Crippen molar-refractivity contribution >= 4 is 16.7 Å². The Hall–Kier alpha value is -1.61. The minimum atomic E-state index is 0.256. The molecule has 3 nitrogen and oxygen atoms in total. The maximum atomic E-state index is 12.4. The highest BCUT2D eigenvalue weighted by atomic mass is 16.1. The number of nitrogens with zero attached hydrogens (tertiary/aromatic N) is 1. The Kier molecular flexibility index (Phi) is 2.92. The van der Waals surface area contributed by atoms with E-state index in [9.17, 15) is 4.79 Å². The number of nitrogens with one attached hydrogen (secondary N) is 1. The topological polar surface area (TPSA) is 34.0 Å². The summed E-state index contributed by atoms with van der Waals surface area (Å²) in [6, 6.07) is 8.46. The van der Waals surface area contributed by atoms with Crippen LogP contribution in [0.4, 0.5) is 0 Å². The van der Waals surface area contributed by atoms with Crippen LogP contribution in [0, 0.1) is 0 Å². The van der Waals surface area contributed by atoms with E-state index in [1.165, 1.54) is 6.42 Å². The second kappa shape index (κ2) is 4.58. The number of rotatable bonds is 3. The number of carbonyl (C=O) groups is 1. The minimum absolute atomic E-state index is 0.256. The molecule has 1 aromatic carbocycles. The highest BCUT2D eigenvalue weighted by molar-refractivity contribution is 6.08. The molecule has 1 fully saturated rings. The Morgan fingerprint density at radius 3 is 3.06 bits per heavy atom. The summed E-state index contributed by atoms with van der Waals surface area (Å²) in [4.78, 5) is 12.4. The normalized spacial score (nSPS) is 19.5. The summed E-state index contributed by atoms with van der Waals surface area (Å²) in [5.41, 5.74) is 1.99. The smallest absolute Gasteiger partial charge is 0.166 e. The van der Waals surface area contributed by atoms with Crippen molar-refractivity contribution in [3.05, 3.63) is 36.0 Å². The monoisotopic (exact) mass is 242 g/mol. The van der Waals surface area contributed by atoms with Gasteiger partial charge in [-0.15, -0.1) is 0 Å². The minimum Gasteiger partial charge on any atom is -0.350 e. The van der Waals surface area contributed by atoms with E-state index in [4.69, 9.17) is 0 Å². The molecule has 1 saturated heterocycles. The van der Waals surface area contributed by atoms with E-state index in [-0.39, 0.29) is 5.78 Å². The van der Waals surface area contributed by atoms with Crippen molar-refractivity contribution in [2.45, 2.75) is 25.3 Å². The van der Waals surface area contributed by atoms with Crippen LogP contribution < -0.4 is 5.32 Å². The molecule has 0 radical (unpaired) electrons. The molecule has 3 rings (SSSR count). The number of aryl methyl sites for hydroxylation is 1. The van der Waals surface area contributed by atoms with Crippen molar-refractivity contribution in [1.29, 1.82) is 0 Å². The maximum absolute atomic E-state index is 12.4. The first-order chi connectivity index (χ1) is 8.75. The number of hydrogen-bond acceptors (Lipinski definition) is 2. The van der Waals surface area contributed by atoms with E-state index < -0.39 is 0 Å². The third kappa shape index (κ3) is 1.95. The van der Waals surface area contributed by atoms with Crippen LogP contribution in [0.25, 0.3) is 10.9 Å². The Balaban J connectivity index is 1.91. The first-order valence-electron chi connectivity index (χ1n) is 6.56. The lowest BCUT2D eigenvalue weighted by Crippen LogP contribution is -2.24. The maximum Gasteiger partial charge on any atom is 0.166 e. The van der Waals surface area contributed by atoms with Crippen molar-refractivity contribution in [2.24, 2.45) is 7.05 Å². The molecule has 0 spiro atoms. The number of para-hydroxylation sites is 1. The summed E-state index contributed by atoms with van der Waals surface area (Å²) in [6.45, 7) is 1.05. The highest BCUT2D eigenvalue weighted by Crippen LogP contribution is 2.23. The van der Waals surface area contributed by atoms with Gasteiger partial charge in [0.15, 0.2) is 5.78 Å². The molecule has 2 aromatic rings. The van der Waals surface area contributed by atoms with Crippen LogP contribution in [0.3, 0.4) is 0 Å². The zero-order chi connectivity index (χ0) is 12.5. The van der Waals surface area contributed by atoms with Gasteiger partial charge in [0.25, 0.3) is 0 Å². The Labute approximate surface area is 107 Å². The largest absolute Gasteiger partial charge is 0.350 e. The fraction of sp³-hybridized carbons (Fsp3) is 0.400. The molecule has 18 heavy (non-hydrogen) atoms. The molecular formula is C15H18N2O. The van der Waals surface area contributed by atoms with Gasteiger partial charge in [0.2, 0.25) is 0 Å². The van der Waals surface area contributed by atoms with Crippen LogP contribution in [0.2, 0.25) is 0 Å². The average Bonchev–Trinajstić information content (AvgIpc) is 2.98. The van der Waals surface area contributed by atoms with Crippen molar-refractivity contribution < 1.29 is 4.79 Å². The molecule has 1 aliphatic heterocycles. The van der Waals surface area contributed by atoms with Crippen LogP contribution in [0.1, 0.15) is 29.6 Å². The highest BCUT2D eigenvalue weighted by Gasteiger charge is 2.20. The predicted octanol–water partition coefficient (Wildman–Crippen LogP) is 2.50. The van der Waals surface area contributed by atoms with Gasteiger partial charge in [-0.05, 0) is 25.5 Å². The third-order valence-corrected chi connectivity index (χ3v) is 3.79. The number of fused-ring (bicyclic) bond motifs is 1. The molecule has 94 valence electrons. The van der Waals surface area contributed by atoms with Crippen LogP contribution in [-0.4, -0.2) is 22.9 Å². The first-order valence-corrected chi connectivity index (χ1v) is 6.56. The molecule has 0 amide bonds. The zero-order valence-electron chi connectivity index (χ0n) is 10.6. The lowest BCUT2D eigenvalue weighted by molar-refractivity contribution is 0.0973. The summed E-state index contributed by atoms with van der Waals surface area (Å²) < 4.78 is 2.03. The van der Waals surface area contributed by atoms with E-state index in [0.29, 0.717) is 12.5 Å². The summed E-state index contributed by atoms with van der Waals surface area (Å²) in [5.74, 6) is 0.256. The molecule has 0 aliphatic carbocycles. The fourth-order valence-corrected chi connectivity index (χ4v) is 2.83. The Morgan fingerprint density at radius 2 is 2.28 bits per heavy atom. The molecule has 0 bridgehead atoms. The van der Waals surface area contributed by atoms with E-state index in [1.54, 1.807) is 0 Å². The van der Waals surface area contributed by atoms with Gasteiger partial charge in [-0.2, -0.15) is 0 Å². The average molecular weight is 242 g/mol. The van der Waals surface area contributed by atoms with Gasteiger partial charge in [0.05, 0.1) is 0 Å². The van der Waals surface area contributed by atoms with Crippen LogP contribution >= 0.6 is 0 Å². The molecule has 1 atom stereocenters. The number of carbonyl (C=O) groups excluding carboxylic acids is 1. The number of hydrogen-bond donors (Lipinski definition) is 1. The third-order valence-electron chi connectivity index (χ3n) is 3.79. The lowest BCUT2D eigenvalue weighted by Gasteiger charge is -2.07. The van der Waals surface area contributed by atoms with Crippen molar-refractivity contribution in [3.63, 3.8) is 0 Å². The summed E-state index contributed by atoms with van der Waals surface area (Å²) in [5, 5.41) is 4.46. The molecular weight excluding hydrogens is 224 g/mol. The first kappa shape index (κ1) is 11.5. The number of aromatic nitrogens is 1. The lowest BCUT2D eigenvalue weighted by atomic mass is 10.0. The van der Waals surface area contributed by atoms with E-state index in [2.05, 4.69) is 11.4 Å². The fourth-order valence-electron chi connectivity index (χ4n) is 2.83. The second-order valence-corrected chi connectivity index (χ2v) is 5.09. The quantitative estimate of drug-likeness (QED) is 0.839. The molecule has 1 N–H and O–H groups in total. The van der Waals surface area contributed by atoms with Crippen molar-refractivity contribution in [2.75, 3.05) is 6.54 Å². The summed E-state index contributed by atoms with van der Waals surface area (Å²) >= 11 is 0. The molecule has 0 saturated carbocycles. The summed E-state index contributed by atoms with van der Waals surface area (Å²) in [7, 11) is 1.99. The molecule has 2 heterocycles. The number of Topliss-reactive ketones (excluding diaryl/α,β-unsaturated/α-hetero) is 1. The van der Waals surface area contributed by atoms with Crippen molar-refractivity contribution in [3.8, 4) is 0 Å². The number of ketones is 1. The Bertz CT molecular complexity index is 579. The molecule has 1 aliphatic rings. The molecule has 1 unspecified atom stereocenters. The van der Waals surface area contributed by atoms with Crippen LogP contribution in [0.5, 0.6) is 0 Å². The zero-order valence-corrected chi connectivity index (χ0v) is 10.6. The van der Waals surface area contributed by atoms with Gasteiger partial charge in [0, 0.05) is 42.2 Å². The Morgan fingerprint density at radius 1 is 1.44 bits per heavy atom. The van der Waals surface area contributed by atoms with Gasteiger partial charge in [0.1, 0.15) is 0 Å². The van der Waals surface area contributed by atoms with E-state index in [0.717, 1.165) is 29.4 Å². The van der Waals surface area contributed by atoms with Crippen molar-refractivity contribution in [1.82, 2.24) is 9.88 Å². The van der Waals surface area contributed by atoms with E-state index >= 15 is 0 Å². The van der Waals surface area contributed by atoms with Gasteiger partial charge in [-0.1, -0.05) is 18.2 Å². The van der Waals surface area contributed by atoms with E-state index in [1.807, 2.05) is 36.0 Å². The van der Waals surface area contributed by atoms with Gasteiger partial charge in [-0.3, -0.25) is 4.79 Å². The molecule has 1 aromatic heterocycles. The van der Waals surface area contributed by atoms with Gasteiger partial charge in [-0.25, -0.2) is 0 Å². The standard InChI is InChI=1S/C15H18N2O/c1-17-10-13(12-6-2-3-7-14(12)17)15(18)9-11-5-4-8-16-11/h2-3,6-7,10-11,16H,4-5,8-9H2,1H3. The van der Waals surface area contributed by atoms with Crippen LogP contribution in [0.15, 0.2) is 30.5 Å². The van der Waals surface area contributed by atoms with Gasteiger partial charge < -0.3 is 9.88 Å². The SMILES string of the molecule is Cn1cc(C(=O)CC2CCCN2)c2ccccc21. The van der Waals surface area contributed by atoms with Gasteiger partial charge >= 0.3 is 0 Å². The second-order valence-electron chi connectivity index (χ2n) is 5.09. The summed E-state index contributed by atoms with van der Waals surface area (Å²) in [6.07, 6.45) is 4.89. The molecule has 3 heteroatoms. The van der Waals surface area contributed by atoms with Crippen LogP contribution in [-0.2, 0) is 7.05 Å². The number of benzene rings is 1. The predicted molar refractivity (Wildman–Crippen MR) is 72.9 cm³/mol.